The molecule has 0 atom stereocenters. The van der Waals surface area contributed by atoms with E-state index in [1.165, 1.54) is 18.4 Å². The summed E-state index contributed by atoms with van der Waals surface area (Å²) >= 11 is 1.33. The Morgan fingerprint density at radius 2 is 2.38 bits per heavy atom. The van der Waals surface area contributed by atoms with E-state index in [9.17, 15) is 8.42 Å². The molecule has 1 aromatic heterocycles. The van der Waals surface area contributed by atoms with E-state index in [2.05, 4.69) is 20.2 Å². The van der Waals surface area contributed by atoms with Gasteiger partial charge in [0.15, 0.2) is 0 Å². The van der Waals surface area contributed by atoms with Crippen LogP contribution in [-0.2, 0) is 10.0 Å². The molecule has 74 valence electrons. The quantitative estimate of drug-likeness (QED) is 0.701. The van der Waals surface area contributed by atoms with Crippen LogP contribution >= 0.6 is 11.3 Å². The van der Waals surface area contributed by atoms with Gasteiger partial charge in [-0.1, -0.05) is 11.3 Å². The van der Waals surface area contributed by atoms with E-state index in [1.54, 1.807) is 5.51 Å². The number of nitrogens with zero attached hydrogens (tertiary/aromatic N) is 2. The molecular formula is C5H10N4O2S2. The van der Waals surface area contributed by atoms with Gasteiger partial charge in [-0.25, -0.2) is 13.1 Å². The third-order valence-corrected chi connectivity index (χ3v) is 3.33. The standard InChI is InChI=1S/C5H10N4O2S2/c1-6-13(10,11)3-2-7-5-9-8-4-12-5/h4,6H,2-3H2,1H3,(H,7,9). The summed E-state index contributed by atoms with van der Waals surface area (Å²) in [6.07, 6.45) is 0. The van der Waals surface area contributed by atoms with Crippen LogP contribution in [0.4, 0.5) is 5.13 Å². The molecule has 1 heterocycles. The maximum Gasteiger partial charge on any atom is 0.213 e. The van der Waals surface area contributed by atoms with Crippen LogP contribution in [0.2, 0.25) is 0 Å². The minimum absolute atomic E-state index is 0.0308. The van der Waals surface area contributed by atoms with Gasteiger partial charge in [-0.15, -0.1) is 10.2 Å². The molecule has 0 unspecified atom stereocenters. The number of sulfonamides is 1. The van der Waals surface area contributed by atoms with Crippen molar-refractivity contribution < 1.29 is 8.42 Å². The van der Waals surface area contributed by atoms with Crippen molar-refractivity contribution in [3.05, 3.63) is 5.51 Å². The number of hydrogen-bond donors (Lipinski definition) is 2. The zero-order valence-electron chi connectivity index (χ0n) is 7.02. The molecule has 0 amide bonds. The molecule has 0 aliphatic rings. The molecule has 0 aromatic carbocycles. The largest absolute Gasteiger partial charge is 0.359 e. The van der Waals surface area contributed by atoms with Crippen LogP contribution in [0.5, 0.6) is 0 Å². The van der Waals surface area contributed by atoms with Crippen molar-refractivity contribution >= 4 is 26.5 Å². The van der Waals surface area contributed by atoms with E-state index in [1.807, 2.05) is 0 Å². The highest BCUT2D eigenvalue weighted by Crippen LogP contribution is 2.06. The van der Waals surface area contributed by atoms with Crippen LogP contribution in [0.1, 0.15) is 0 Å². The maximum atomic E-state index is 10.9. The Morgan fingerprint density at radius 1 is 1.62 bits per heavy atom. The van der Waals surface area contributed by atoms with Crippen LogP contribution in [0.25, 0.3) is 0 Å². The molecule has 0 aliphatic carbocycles. The maximum absolute atomic E-state index is 10.9. The molecule has 1 rings (SSSR count). The summed E-state index contributed by atoms with van der Waals surface area (Å²) in [5.74, 6) is 0.0308. The highest BCUT2D eigenvalue weighted by atomic mass is 32.2. The Bertz CT molecular complexity index is 333. The second-order valence-electron chi connectivity index (χ2n) is 2.19. The fraction of sp³-hybridized carbons (Fsp3) is 0.600. The van der Waals surface area contributed by atoms with Gasteiger partial charge in [0.2, 0.25) is 15.2 Å². The zero-order chi connectivity index (χ0) is 9.73. The first-order chi connectivity index (χ1) is 6.14. The van der Waals surface area contributed by atoms with Crippen molar-refractivity contribution in [3.8, 4) is 0 Å². The van der Waals surface area contributed by atoms with E-state index in [4.69, 9.17) is 0 Å². The molecule has 2 N–H and O–H groups in total. The van der Waals surface area contributed by atoms with E-state index in [0.717, 1.165) is 0 Å². The minimum Gasteiger partial charge on any atom is -0.359 e. The van der Waals surface area contributed by atoms with Crippen molar-refractivity contribution in [1.29, 1.82) is 0 Å². The summed E-state index contributed by atoms with van der Waals surface area (Å²) in [7, 11) is -1.74. The Morgan fingerprint density at radius 3 is 2.92 bits per heavy atom. The number of rotatable bonds is 5. The summed E-state index contributed by atoms with van der Waals surface area (Å²) in [4.78, 5) is 0. The monoisotopic (exact) mass is 222 g/mol. The first-order valence-corrected chi connectivity index (χ1v) is 6.08. The molecule has 1 aromatic rings. The van der Waals surface area contributed by atoms with Crippen LogP contribution in [0.15, 0.2) is 5.51 Å². The van der Waals surface area contributed by atoms with Gasteiger partial charge in [-0.2, -0.15) is 0 Å². The van der Waals surface area contributed by atoms with Crippen molar-refractivity contribution in [2.24, 2.45) is 0 Å². The summed E-state index contributed by atoms with van der Waals surface area (Å²) in [6.45, 7) is 0.332. The molecule has 6 nitrogen and oxygen atoms in total. The van der Waals surface area contributed by atoms with Gasteiger partial charge >= 0.3 is 0 Å². The van der Waals surface area contributed by atoms with E-state index >= 15 is 0 Å². The Hall–Kier alpha value is -0.730. The van der Waals surface area contributed by atoms with Gasteiger partial charge in [0.1, 0.15) is 5.51 Å². The number of aromatic nitrogens is 2. The second kappa shape index (κ2) is 4.49. The van der Waals surface area contributed by atoms with Crippen LogP contribution in [-0.4, -0.2) is 38.0 Å². The molecule has 0 saturated heterocycles. The minimum atomic E-state index is -3.13. The normalized spacial score (nSPS) is 11.5. The van der Waals surface area contributed by atoms with E-state index in [-0.39, 0.29) is 5.75 Å². The second-order valence-corrected chi connectivity index (χ2v) is 5.07. The summed E-state index contributed by atoms with van der Waals surface area (Å²) in [5.41, 5.74) is 1.58. The molecule has 0 aliphatic heterocycles. The van der Waals surface area contributed by atoms with Gasteiger partial charge in [-0.05, 0) is 7.05 Å². The lowest BCUT2D eigenvalue weighted by Gasteiger charge is -2.02. The average Bonchev–Trinajstić information content (AvgIpc) is 2.57. The Labute approximate surface area is 80.4 Å². The first-order valence-electron chi connectivity index (χ1n) is 3.55. The van der Waals surface area contributed by atoms with Gasteiger partial charge in [0.05, 0.1) is 5.75 Å². The molecule has 0 radical (unpaired) electrons. The average molecular weight is 222 g/mol. The lowest BCUT2D eigenvalue weighted by atomic mass is 10.7. The van der Waals surface area contributed by atoms with Crippen molar-refractivity contribution in [2.45, 2.75) is 0 Å². The third-order valence-electron chi connectivity index (χ3n) is 1.32. The van der Waals surface area contributed by atoms with Gasteiger partial charge in [-0.3, -0.25) is 0 Å². The van der Waals surface area contributed by atoms with Crippen molar-refractivity contribution in [1.82, 2.24) is 14.9 Å². The first kappa shape index (κ1) is 10.4. The van der Waals surface area contributed by atoms with E-state index < -0.39 is 10.0 Å². The highest BCUT2D eigenvalue weighted by Gasteiger charge is 2.05. The van der Waals surface area contributed by atoms with E-state index in [0.29, 0.717) is 11.7 Å². The fourth-order valence-corrected chi connectivity index (χ4v) is 1.69. The summed E-state index contributed by atoms with van der Waals surface area (Å²) in [5, 5.41) is 10.8. The lowest BCUT2D eigenvalue weighted by molar-refractivity contribution is 0.588. The van der Waals surface area contributed by atoms with Gasteiger partial charge in [0, 0.05) is 6.54 Å². The fourth-order valence-electron chi connectivity index (χ4n) is 0.644. The number of nitrogens with one attached hydrogen (secondary N) is 2. The van der Waals surface area contributed by atoms with Crippen molar-refractivity contribution in [3.63, 3.8) is 0 Å². The number of hydrogen-bond acceptors (Lipinski definition) is 6. The predicted molar refractivity (Wildman–Crippen MR) is 51.2 cm³/mol. The van der Waals surface area contributed by atoms with Crippen molar-refractivity contribution in [2.75, 3.05) is 24.7 Å². The van der Waals surface area contributed by atoms with Crippen LogP contribution < -0.4 is 10.0 Å². The van der Waals surface area contributed by atoms with Crippen LogP contribution in [0.3, 0.4) is 0 Å². The topological polar surface area (TPSA) is 84.0 Å². The van der Waals surface area contributed by atoms with Crippen LogP contribution in [0, 0.1) is 0 Å². The van der Waals surface area contributed by atoms with Gasteiger partial charge in [0.25, 0.3) is 0 Å². The molecule has 13 heavy (non-hydrogen) atoms. The molecule has 8 heteroatoms. The smallest absolute Gasteiger partial charge is 0.213 e. The summed E-state index contributed by atoms with van der Waals surface area (Å²) in [6, 6.07) is 0. The number of anilines is 1. The molecular weight excluding hydrogens is 212 g/mol. The molecule has 0 saturated carbocycles. The van der Waals surface area contributed by atoms with Gasteiger partial charge < -0.3 is 5.32 Å². The highest BCUT2D eigenvalue weighted by molar-refractivity contribution is 7.89. The zero-order valence-corrected chi connectivity index (χ0v) is 8.65. The molecule has 0 bridgehead atoms. The molecule has 0 fully saturated rings. The SMILES string of the molecule is CNS(=O)(=O)CCNc1nncs1. The lowest BCUT2D eigenvalue weighted by Crippen LogP contribution is -2.26. The third kappa shape index (κ3) is 3.66. The Balaban J connectivity index is 2.30. The Kier molecular flexibility index (Phi) is 3.58. The summed E-state index contributed by atoms with van der Waals surface area (Å²) < 4.78 is 24.1. The molecule has 0 spiro atoms. The predicted octanol–water partition coefficient (Wildman–Crippen LogP) is -0.501.